The van der Waals surface area contributed by atoms with Crippen LogP contribution in [0.1, 0.15) is 0 Å². The summed E-state index contributed by atoms with van der Waals surface area (Å²) in [5, 5.41) is 10.6. The minimum Gasteiger partial charge on any atom is -0.493 e. The fourth-order valence-electron chi connectivity index (χ4n) is 2.67. The average molecular weight is 335 g/mol. The van der Waals surface area contributed by atoms with Crippen molar-refractivity contribution in [2.45, 2.75) is 6.10 Å². The number of aromatic nitrogens is 2. The topological polar surface area (TPSA) is 96.9 Å². The van der Waals surface area contributed by atoms with Gasteiger partial charge in [-0.05, 0) is 6.07 Å². The molecule has 3 rings (SSSR count). The number of aromatic amines is 1. The highest BCUT2D eigenvalue weighted by Crippen LogP contribution is 2.30. The van der Waals surface area contributed by atoms with E-state index >= 15 is 0 Å². The number of aliphatic hydroxyl groups excluding tert-OH is 1. The second kappa shape index (κ2) is 7.61. The van der Waals surface area contributed by atoms with E-state index in [2.05, 4.69) is 14.9 Å². The van der Waals surface area contributed by atoms with E-state index in [1.54, 1.807) is 12.1 Å². The van der Waals surface area contributed by atoms with Gasteiger partial charge in [0.15, 0.2) is 11.5 Å². The van der Waals surface area contributed by atoms with Gasteiger partial charge in [0.1, 0.15) is 12.7 Å². The second-order valence-corrected chi connectivity index (χ2v) is 5.63. The SMILES string of the molecule is COc1cc2c(=O)[nH]cnc2cc1OC[C@@H](O)CN1CCOCC1. The number of β-amino-alcohol motifs (C(OH)–C–C–N with tert-alkyl or cyclic N) is 1. The smallest absolute Gasteiger partial charge is 0.258 e. The van der Waals surface area contributed by atoms with Crippen LogP contribution in [0.2, 0.25) is 0 Å². The maximum Gasteiger partial charge on any atom is 0.258 e. The van der Waals surface area contributed by atoms with Gasteiger partial charge in [-0.3, -0.25) is 9.69 Å². The highest BCUT2D eigenvalue weighted by atomic mass is 16.5. The van der Waals surface area contributed by atoms with Crippen LogP contribution in [-0.4, -0.2) is 72.6 Å². The maximum atomic E-state index is 11.8. The quantitative estimate of drug-likeness (QED) is 0.767. The third-order valence-corrected chi connectivity index (χ3v) is 3.93. The first-order chi connectivity index (χ1) is 11.7. The summed E-state index contributed by atoms with van der Waals surface area (Å²) in [6.07, 6.45) is 0.712. The van der Waals surface area contributed by atoms with Gasteiger partial charge in [0, 0.05) is 25.7 Å². The molecule has 24 heavy (non-hydrogen) atoms. The number of aliphatic hydroxyl groups is 1. The minimum absolute atomic E-state index is 0.127. The number of nitrogens with one attached hydrogen (secondary N) is 1. The van der Waals surface area contributed by atoms with Gasteiger partial charge in [-0.1, -0.05) is 0 Å². The normalized spacial score (nSPS) is 16.9. The molecule has 2 heterocycles. The summed E-state index contributed by atoms with van der Waals surface area (Å²) >= 11 is 0. The zero-order chi connectivity index (χ0) is 16.9. The van der Waals surface area contributed by atoms with Crippen LogP contribution in [0.5, 0.6) is 11.5 Å². The first-order valence-electron chi connectivity index (χ1n) is 7.84. The summed E-state index contributed by atoms with van der Waals surface area (Å²) in [4.78, 5) is 20.6. The van der Waals surface area contributed by atoms with Gasteiger partial charge in [-0.2, -0.15) is 0 Å². The number of nitrogens with zero attached hydrogens (tertiary/aromatic N) is 2. The van der Waals surface area contributed by atoms with Crippen LogP contribution < -0.4 is 15.0 Å². The molecule has 1 aliphatic heterocycles. The molecule has 0 aliphatic carbocycles. The van der Waals surface area contributed by atoms with Gasteiger partial charge in [0.2, 0.25) is 0 Å². The molecule has 0 bridgehead atoms. The predicted octanol–water partition coefficient (Wildman–Crippen LogP) is 0.00360. The Morgan fingerprint density at radius 2 is 2.17 bits per heavy atom. The van der Waals surface area contributed by atoms with Crippen LogP contribution >= 0.6 is 0 Å². The molecule has 0 radical (unpaired) electrons. The van der Waals surface area contributed by atoms with Gasteiger partial charge < -0.3 is 24.3 Å². The van der Waals surface area contributed by atoms with Crippen molar-refractivity contribution in [3.63, 3.8) is 0 Å². The number of morpholine rings is 1. The van der Waals surface area contributed by atoms with Crippen LogP contribution in [0.15, 0.2) is 23.3 Å². The highest BCUT2D eigenvalue weighted by molar-refractivity contribution is 5.81. The first kappa shape index (κ1) is 16.7. The molecule has 8 heteroatoms. The molecular weight excluding hydrogens is 314 g/mol. The van der Waals surface area contributed by atoms with E-state index < -0.39 is 6.10 Å². The molecular formula is C16H21N3O5. The lowest BCUT2D eigenvalue weighted by molar-refractivity contribution is 0.00446. The Morgan fingerprint density at radius 3 is 2.92 bits per heavy atom. The van der Waals surface area contributed by atoms with Gasteiger partial charge in [-0.15, -0.1) is 0 Å². The lowest BCUT2D eigenvalue weighted by Gasteiger charge is -2.28. The largest absolute Gasteiger partial charge is 0.493 e. The molecule has 8 nitrogen and oxygen atoms in total. The molecule has 1 atom stereocenters. The van der Waals surface area contributed by atoms with Gasteiger partial charge >= 0.3 is 0 Å². The Balaban J connectivity index is 1.68. The average Bonchev–Trinajstić information content (AvgIpc) is 2.60. The van der Waals surface area contributed by atoms with E-state index in [1.807, 2.05) is 0 Å². The number of hydrogen-bond donors (Lipinski definition) is 2. The molecule has 0 saturated carbocycles. The van der Waals surface area contributed by atoms with Crippen LogP contribution in [0.4, 0.5) is 0 Å². The number of ether oxygens (including phenoxy) is 3. The number of methoxy groups -OCH3 is 1. The second-order valence-electron chi connectivity index (χ2n) is 5.63. The zero-order valence-electron chi connectivity index (χ0n) is 13.5. The van der Waals surface area contributed by atoms with E-state index in [9.17, 15) is 9.90 Å². The van der Waals surface area contributed by atoms with Crippen molar-refractivity contribution in [3.8, 4) is 11.5 Å². The van der Waals surface area contributed by atoms with Crippen LogP contribution in [-0.2, 0) is 4.74 Å². The van der Waals surface area contributed by atoms with Gasteiger partial charge in [0.25, 0.3) is 5.56 Å². The number of rotatable bonds is 6. The summed E-state index contributed by atoms with van der Waals surface area (Å²) in [6.45, 7) is 3.64. The lowest BCUT2D eigenvalue weighted by atomic mass is 10.2. The maximum absolute atomic E-state index is 11.8. The molecule has 1 fully saturated rings. The number of benzene rings is 1. The van der Waals surface area contributed by atoms with Crippen molar-refractivity contribution in [3.05, 3.63) is 28.8 Å². The molecule has 1 aliphatic rings. The lowest BCUT2D eigenvalue weighted by Crippen LogP contribution is -2.42. The molecule has 130 valence electrons. The molecule has 2 aromatic rings. The van der Waals surface area contributed by atoms with Gasteiger partial charge in [0.05, 0.1) is 37.6 Å². The number of fused-ring (bicyclic) bond motifs is 1. The molecule has 1 aromatic heterocycles. The third kappa shape index (κ3) is 3.84. The zero-order valence-corrected chi connectivity index (χ0v) is 13.5. The van der Waals surface area contributed by atoms with Crippen molar-refractivity contribution < 1.29 is 19.3 Å². The third-order valence-electron chi connectivity index (χ3n) is 3.93. The van der Waals surface area contributed by atoms with Crippen molar-refractivity contribution in [2.75, 3.05) is 46.6 Å². The fourth-order valence-corrected chi connectivity index (χ4v) is 2.67. The molecule has 0 spiro atoms. The Kier molecular flexibility index (Phi) is 5.29. The summed E-state index contributed by atoms with van der Waals surface area (Å²) in [6, 6.07) is 3.23. The summed E-state index contributed by atoms with van der Waals surface area (Å²) < 4.78 is 16.3. The Bertz CT molecular complexity index is 742. The summed E-state index contributed by atoms with van der Waals surface area (Å²) in [7, 11) is 1.50. The van der Waals surface area contributed by atoms with E-state index in [0.717, 1.165) is 13.1 Å². The standard InChI is InChI=1S/C16H21N3O5/c1-22-14-6-12-13(17-10-18-16(12)21)7-15(14)24-9-11(20)8-19-2-4-23-5-3-19/h6-7,10-11,20H,2-5,8-9H2,1H3,(H,17,18,21)/t11-/m0/s1. The molecule has 1 saturated heterocycles. The van der Waals surface area contributed by atoms with Crippen LogP contribution in [0.25, 0.3) is 10.9 Å². The van der Waals surface area contributed by atoms with Crippen molar-refractivity contribution in [1.29, 1.82) is 0 Å². The molecule has 0 amide bonds. The van der Waals surface area contributed by atoms with E-state index in [1.165, 1.54) is 13.4 Å². The summed E-state index contributed by atoms with van der Waals surface area (Å²) in [5.41, 5.74) is 0.273. The van der Waals surface area contributed by atoms with E-state index in [0.29, 0.717) is 42.2 Å². The highest BCUT2D eigenvalue weighted by Gasteiger charge is 2.17. The number of hydrogen-bond acceptors (Lipinski definition) is 7. The Morgan fingerprint density at radius 1 is 1.38 bits per heavy atom. The first-order valence-corrected chi connectivity index (χ1v) is 7.84. The predicted molar refractivity (Wildman–Crippen MR) is 87.7 cm³/mol. The molecule has 0 unspecified atom stereocenters. The van der Waals surface area contributed by atoms with E-state index in [-0.39, 0.29) is 12.2 Å². The summed E-state index contributed by atoms with van der Waals surface area (Å²) in [5.74, 6) is 0.878. The van der Waals surface area contributed by atoms with Crippen molar-refractivity contribution in [2.24, 2.45) is 0 Å². The minimum atomic E-state index is -0.629. The van der Waals surface area contributed by atoms with Crippen molar-refractivity contribution >= 4 is 10.9 Å². The van der Waals surface area contributed by atoms with Gasteiger partial charge in [-0.25, -0.2) is 4.98 Å². The van der Waals surface area contributed by atoms with Crippen molar-refractivity contribution in [1.82, 2.24) is 14.9 Å². The molecule has 1 aromatic carbocycles. The van der Waals surface area contributed by atoms with Crippen LogP contribution in [0, 0.1) is 0 Å². The Labute approximate surface area is 139 Å². The Hall–Kier alpha value is -2.16. The molecule has 2 N–H and O–H groups in total. The van der Waals surface area contributed by atoms with E-state index in [4.69, 9.17) is 14.2 Å². The number of H-pyrrole nitrogens is 1. The van der Waals surface area contributed by atoms with Crippen LogP contribution in [0.3, 0.4) is 0 Å². The fraction of sp³-hybridized carbons (Fsp3) is 0.500. The monoisotopic (exact) mass is 335 g/mol.